The van der Waals surface area contributed by atoms with Crippen molar-refractivity contribution in [2.75, 3.05) is 12.0 Å². The number of amides is 1. The van der Waals surface area contributed by atoms with Crippen molar-refractivity contribution < 1.29 is 22.7 Å². The zero-order chi connectivity index (χ0) is 25.0. The molecule has 5 rings (SSSR count). The average Bonchev–Trinajstić information content (AvgIpc) is 3.31. The van der Waals surface area contributed by atoms with Crippen LogP contribution < -0.4 is 15.0 Å². The molecule has 2 aromatic rings. The van der Waals surface area contributed by atoms with Crippen LogP contribution in [-0.4, -0.2) is 35.2 Å². The minimum absolute atomic E-state index is 0.166. The quantitative estimate of drug-likeness (QED) is 0.690. The van der Waals surface area contributed by atoms with Crippen LogP contribution in [0.3, 0.4) is 0 Å². The summed E-state index contributed by atoms with van der Waals surface area (Å²) in [6, 6.07) is 5.08. The minimum atomic E-state index is -4.52. The summed E-state index contributed by atoms with van der Waals surface area (Å²) in [4.78, 5) is 24.0. The molecule has 0 spiro atoms. The Labute approximate surface area is 199 Å². The van der Waals surface area contributed by atoms with E-state index in [9.17, 15) is 18.0 Å². The van der Waals surface area contributed by atoms with Crippen LogP contribution in [0.1, 0.15) is 37.8 Å². The van der Waals surface area contributed by atoms with Gasteiger partial charge in [-0.3, -0.25) is 4.79 Å². The monoisotopic (exact) mass is 484 g/mol. The minimum Gasteiger partial charge on any atom is -0.467 e. The molecule has 0 radical (unpaired) electrons. The summed E-state index contributed by atoms with van der Waals surface area (Å²) in [5, 5.41) is 11.6. The lowest BCUT2D eigenvalue weighted by Crippen LogP contribution is -2.56. The number of hydrogen-bond donors (Lipinski definition) is 1. The fraction of sp³-hybridized carbons (Fsp3) is 0.375. The Morgan fingerprint density at radius 3 is 2.66 bits per heavy atom. The van der Waals surface area contributed by atoms with Crippen LogP contribution in [0.15, 0.2) is 69.9 Å². The molecule has 1 amide bonds. The molecule has 4 heterocycles. The van der Waals surface area contributed by atoms with Gasteiger partial charge in [0.2, 0.25) is 0 Å². The molecule has 0 aliphatic carbocycles. The van der Waals surface area contributed by atoms with E-state index in [-0.39, 0.29) is 18.0 Å². The van der Waals surface area contributed by atoms with Crippen molar-refractivity contribution in [2.24, 2.45) is 10.2 Å². The van der Waals surface area contributed by atoms with E-state index in [0.717, 1.165) is 12.1 Å². The third kappa shape index (κ3) is 3.48. The Balaban J connectivity index is 1.70. The maximum absolute atomic E-state index is 14.2. The van der Waals surface area contributed by atoms with Crippen LogP contribution >= 0.6 is 0 Å². The molecule has 1 N–H and O–H groups in total. The highest BCUT2D eigenvalue weighted by molar-refractivity contribution is 6.10. The van der Waals surface area contributed by atoms with Gasteiger partial charge in [-0.1, -0.05) is 25.1 Å². The molecule has 3 aliphatic rings. The zero-order valence-electron chi connectivity index (χ0n) is 19.3. The fourth-order valence-electron chi connectivity index (χ4n) is 5.33. The first kappa shape index (κ1) is 23.0. The van der Waals surface area contributed by atoms with Crippen LogP contribution in [-0.2, 0) is 16.4 Å². The Hall–Kier alpha value is -3.76. The summed E-state index contributed by atoms with van der Waals surface area (Å²) < 4.78 is 46.0. The van der Waals surface area contributed by atoms with E-state index < -0.39 is 23.3 Å². The molecule has 0 saturated heterocycles. The predicted octanol–water partition coefficient (Wildman–Crippen LogP) is 4.51. The van der Waals surface area contributed by atoms with E-state index in [4.69, 9.17) is 4.74 Å². The lowest BCUT2D eigenvalue weighted by Gasteiger charge is -2.48. The van der Waals surface area contributed by atoms with Crippen molar-refractivity contribution >= 4 is 11.6 Å². The maximum atomic E-state index is 14.2. The maximum Gasteiger partial charge on any atom is 0.416 e. The first-order valence-corrected chi connectivity index (χ1v) is 11.2. The van der Waals surface area contributed by atoms with Gasteiger partial charge in [0.05, 0.1) is 47.9 Å². The number of aromatic nitrogens is 2. The smallest absolute Gasteiger partial charge is 0.416 e. The second kappa shape index (κ2) is 8.17. The fourth-order valence-corrected chi connectivity index (χ4v) is 5.33. The van der Waals surface area contributed by atoms with Crippen molar-refractivity contribution in [3.8, 4) is 6.01 Å². The molecule has 3 aliphatic heterocycles. The Morgan fingerprint density at radius 1 is 1.26 bits per heavy atom. The van der Waals surface area contributed by atoms with Gasteiger partial charge in [0.25, 0.3) is 5.91 Å². The number of halogens is 3. The van der Waals surface area contributed by atoms with Gasteiger partial charge in [0, 0.05) is 23.7 Å². The Bertz CT molecular complexity index is 1270. The summed E-state index contributed by atoms with van der Waals surface area (Å²) >= 11 is 0. The number of nitrogens with zero attached hydrogens (tertiary/aromatic N) is 5. The third-order valence-corrected chi connectivity index (χ3v) is 6.87. The van der Waals surface area contributed by atoms with Crippen molar-refractivity contribution in [1.29, 1.82) is 0 Å². The molecule has 1 aromatic heterocycles. The SMILES string of the molecule is CC[C@]1(c2cccc(C(F)(F)F)c2)C2=CN=NC2NC2=C1C(=O)N(c1cnc(OC)nc1)[C@@H](C)C2. The van der Waals surface area contributed by atoms with Crippen molar-refractivity contribution in [3.05, 3.63) is 70.8 Å². The summed E-state index contributed by atoms with van der Waals surface area (Å²) in [6.45, 7) is 3.76. The number of carbonyl (C=O) groups excluding carboxylic acids is 1. The number of carbonyl (C=O) groups is 1. The normalized spacial score (nSPS) is 25.7. The van der Waals surface area contributed by atoms with E-state index in [0.29, 0.717) is 40.9 Å². The van der Waals surface area contributed by atoms with Crippen LogP contribution in [0, 0.1) is 0 Å². The molecule has 1 aromatic carbocycles. The van der Waals surface area contributed by atoms with Gasteiger partial charge in [0.15, 0.2) is 6.17 Å². The van der Waals surface area contributed by atoms with Gasteiger partial charge in [0.1, 0.15) is 0 Å². The van der Waals surface area contributed by atoms with E-state index in [1.807, 2.05) is 13.8 Å². The topological polar surface area (TPSA) is 92.1 Å². The predicted molar refractivity (Wildman–Crippen MR) is 120 cm³/mol. The van der Waals surface area contributed by atoms with Crippen LogP contribution in [0.4, 0.5) is 18.9 Å². The number of azo groups is 1. The van der Waals surface area contributed by atoms with E-state index >= 15 is 0 Å². The Morgan fingerprint density at radius 2 is 2.00 bits per heavy atom. The van der Waals surface area contributed by atoms with Gasteiger partial charge < -0.3 is 15.0 Å². The van der Waals surface area contributed by atoms with Crippen LogP contribution in [0.25, 0.3) is 0 Å². The third-order valence-electron chi connectivity index (χ3n) is 6.87. The molecule has 1 unspecified atom stereocenters. The van der Waals surface area contributed by atoms with Gasteiger partial charge >= 0.3 is 12.2 Å². The number of methoxy groups -OCH3 is 1. The van der Waals surface area contributed by atoms with Crippen molar-refractivity contribution in [1.82, 2.24) is 15.3 Å². The molecular formula is C24H23F3N6O2. The largest absolute Gasteiger partial charge is 0.467 e. The first-order valence-electron chi connectivity index (χ1n) is 11.2. The van der Waals surface area contributed by atoms with Crippen molar-refractivity contribution in [3.63, 3.8) is 0 Å². The Kier molecular flexibility index (Phi) is 5.37. The second-order valence-corrected chi connectivity index (χ2v) is 8.71. The molecule has 8 nitrogen and oxygen atoms in total. The zero-order valence-corrected chi connectivity index (χ0v) is 19.3. The summed E-state index contributed by atoms with van der Waals surface area (Å²) in [5.74, 6) is -0.328. The number of hydrogen-bond acceptors (Lipinski definition) is 7. The highest BCUT2D eigenvalue weighted by Gasteiger charge is 2.54. The highest BCUT2D eigenvalue weighted by Crippen LogP contribution is 2.52. The molecule has 0 bridgehead atoms. The number of ether oxygens (including phenoxy) is 1. The average molecular weight is 484 g/mol. The number of benzene rings is 1. The molecule has 182 valence electrons. The lowest BCUT2D eigenvalue weighted by molar-refractivity contribution is -0.137. The lowest BCUT2D eigenvalue weighted by atomic mass is 9.62. The standard InChI is InChI=1S/C24H23F3N6O2/c1-4-23(14-6-5-7-15(9-14)24(25,26)27)17-12-30-32-20(17)31-18-8-13(2)33(21(34)19(18)23)16-10-28-22(35-3)29-11-16/h5-7,9-13,20,31H,4,8H2,1-3H3/t13-,20?,23-/m0/s1. The number of fused-ring (bicyclic) bond motifs is 1. The van der Waals surface area contributed by atoms with Gasteiger partial charge in [-0.25, -0.2) is 9.97 Å². The van der Waals surface area contributed by atoms with E-state index in [2.05, 4.69) is 25.5 Å². The van der Waals surface area contributed by atoms with E-state index in [1.54, 1.807) is 17.2 Å². The number of rotatable bonds is 4. The van der Waals surface area contributed by atoms with Gasteiger partial charge in [-0.15, -0.1) is 0 Å². The number of anilines is 1. The summed E-state index contributed by atoms with van der Waals surface area (Å²) in [6.07, 6.45) is 0.286. The molecule has 35 heavy (non-hydrogen) atoms. The summed E-state index contributed by atoms with van der Waals surface area (Å²) in [5.41, 5.74) is 0.635. The summed E-state index contributed by atoms with van der Waals surface area (Å²) in [7, 11) is 1.45. The molecule has 3 atom stereocenters. The number of alkyl halides is 3. The van der Waals surface area contributed by atoms with Crippen LogP contribution in [0.2, 0.25) is 0 Å². The molecular weight excluding hydrogens is 461 g/mol. The first-order chi connectivity index (χ1) is 16.7. The molecule has 0 saturated carbocycles. The molecule has 11 heteroatoms. The van der Waals surface area contributed by atoms with Crippen molar-refractivity contribution in [2.45, 2.75) is 50.5 Å². The molecule has 0 fully saturated rings. The van der Waals surface area contributed by atoms with E-state index in [1.165, 1.54) is 25.6 Å². The second-order valence-electron chi connectivity index (χ2n) is 8.71. The highest BCUT2D eigenvalue weighted by atomic mass is 19.4. The number of nitrogens with one attached hydrogen (secondary N) is 1. The van der Waals surface area contributed by atoms with Gasteiger partial charge in [-0.05, 0) is 25.0 Å². The van der Waals surface area contributed by atoms with Crippen LogP contribution in [0.5, 0.6) is 6.01 Å². The van der Waals surface area contributed by atoms with Gasteiger partial charge in [-0.2, -0.15) is 23.4 Å².